The van der Waals surface area contributed by atoms with Crippen molar-refractivity contribution >= 4 is 28.9 Å². The van der Waals surface area contributed by atoms with Gasteiger partial charge in [0.25, 0.3) is 0 Å². The molecule has 1 heterocycles. The molecule has 1 N–H and O–H groups in total. The van der Waals surface area contributed by atoms with Crippen LogP contribution in [0.3, 0.4) is 0 Å². The van der Waals surface area contributed by atoms with Gasteiger partial charge in [-0.1, -0.05) is 12.1 Å². The van der Waals surface area contributed by atoms with Crippen LogP contribution in [-0.4, -0.2) is 22.6 Å². The van der Waals surface area contributed by atoms with E-state index < -0.39 is 24.0 Å². The molecule has 0 spiro atoms. The fraction of sp³-hybridized carbons (Fsp3) is 0.133. The summed E-state index contributed by atoms with van der Waals surface area (Å²) in [6, 6.07) is 7.63. The Labute approximate surface area is 123 Å². The van der Waals surface area contributed by atoms with E-state index in [0.717, 1.165) is 16.9 Å². The smallest absolute Gasteiger partial charge is 0.372 e. The average molecular weight is 306 g/mol. The van der Waals surface area contributed by atoms with Gasteiger partial charge < -0.3 is 5.11 Å². The van der Waals surface area contributed by atoms with Gasteiger partial charge in [-0.15, -0.1) is 11.3 Å². The molecule has 1 aromatic carbocycles. The third-order valence-electron chi connectivity index (χ3n) is 2.87. The summed E-state index contributed by atoms with van der Waals surface area (Å²) in [6.07, 6.45) is -0.224. The molecule has 0 fully saturated rings. The second-order valence-electron chi connectivity index (χ2n) is 4.41. The van der Waals surface area contributed by atoms with E-state index in [1.807, 2.05) is 0 Å². The van der Waals surface area contributed by atoms with Gasteiger partial charge in [0.05, 0.1) is 11.3 Å². The van der Waals surface area contributed by atoms with E-state index in [1.165, 1.54) is 12.1 Å². The fourth-order valence-electron chi connectivity index (χ4n) is 1.84. The number of carboxylic acids is 1. The van der Waals surface area contributed by atoms with Crippen molar-refractivity contribution in [2.24, 2.45) is 0 Å². The number of ketones is 2. The monoisotopic (exact) mass is 306 g/mol. The minimum Gasteiger partial charge on any atom is -0.475 e. The minimum atomic E-state index is -1.61. The summed E-state index contributed by atoms with van der Waals surface area (Å²) >= 11 is 1.16. The number of carbonyl (C=O) groups is 3. The van der Waals surface area contributed by atoms with Gasteiger partial charge in [-0.25, -0.2) is 9.18 Å². The highest BCUT2D eigenvalue weighted by Gasteiger charge is 2.20. The first-order valence-corrected chi connectivity index (χ1v) is 6.95. The van der Waals surface area contributed by atoms with Crippen molar-refractivity contribution in [3.05, 3.63) is 57.5 Å². The number of carboxylic acid groups (broad SMARTS) is 1. The molecule has 0 aliphatic carbocycles. The Kier molecular flexibility index (Phi) is 4.59. The van der Waals surface area contributed by atoms with Crippen LogP contribution >= 0.6 is 11.3 Å². The Hall–Kier alpha value is -2.34. The van der Waals surface area contributed by atoms with E-state index in [-0.39, 0.29) is 5.82 Å². The molecule has 108 valence electrons. The summed E-state index contributed by atoms with van der Waals surface area (Å²) in [5.74, 6) is -3.58. The van der Waals surface area contributed by atoms with Gasteiger partial charge in [0.2, 0.25) is 5.78 Å². The topological polar surface area (TPSA) is 71.4 Å². The fourth-order valence-corrected chi connectivity index (χ4v) is 2.71. The molecule has 0 bridgehead atoms. The third-order valence-corrected chi connectivity index (χ3v) is 3.87. The molecule has 0 amide bonds. The van der Waals surface area contributed by atoms with Gasteiger partial charge in [-0.2, -0.15) is 0 Å². The maximum Gasteiger partial charge on any atom is 0.372 e. The van der Waals surface area contributed by atoms with Gasteiger partial charge in [0, 0.05) is 0 Å². The molecule has 0 aliphatic rings. The van der Waals surface area contributed by atoms with Crippen LogP contribution in [0.15, 0.2) is 35.7 Å². The number of Topliss-reactive ketones (excluding diaryl/α,β-unsaturated/α-hetero) is 2. The van der Waals surface area contributed by atoms with Crippen LogP contribution in [0.2, 0.25) is 0 Å². The predicted molar refractivity (Wildman–Crippen MR) is 75.1 cm³/mol. The Bertz CT molecular complexity index is 688. The van der Waals surface area contributed by atoms with Crippen molar-refractivity contribution in [1.29, 1.82) is 0 Å². The highest BCUT2D eigenvalue weighted by Crippen LogP contribution is 2.22. The first kappa shape index (κ1) is 15.1. The molecule has 0 saturated carbocycles. The van der Waals surface area contributed by atoms with Gasteiger partial charge in [-0.05, 0) is 41.1 Å². The maximum atomic E-state index is 12.8. The van der Waals surface area contributed by atoms with Gasteiger partial charge >= 0.3 is 5.97 Å². The first-order chi connectivity index (χ1) is 9.97. The van der Waals surface area contributed by atoms with Gasteiger partial charge in [0.1, 0.15) is 5.82 Å². The number of halogens is 1. The Balaban J connectivity index is 2.14. The van der Waals surface area contributed by atoms with E-state index in [0.29, 0.717) is 16.9 Å². The number of carbonyl (C=O) groups excluding carboxylic acids is 2. The Morgan fingerprint density at radius 1 is 1.10 bits per heavy atom. The van der Waals surface area contributed by atoms with E-state index >= 15 is 0 Å². The normalized spacial score (nSPS) is 10.3. The lowest BCUT2D eigenvalue weighted by atomic mass is 10.0. The lowest BCUT2D eigenvalue weighted by molar-refractivity contribution is -0.148. The molecule has 2 aromatic rings. The van der Waals surface area contributed by atoms with Crippen LogP contribution in [0.25, 0.3) is 0 Å². The average Bonchev–Trinajstić information content (AvgIpc) is 2.89. The summed E-state index contributed by atoms with van der Waals surface area (Å²) < 4.78 is 12.8. The maximum absolute atomic E-state index is 12.8. The molecule has 4 nitrogen and oxygen atoms in total. The predicted octanol–water partition coefficient (Wildman–Crippen LogP) is 2.70. The molecular weight excluding hydrogens is 295 g/mol. The molecule has 0 radical (unpaired) electrons. The SMILES string of the molecule is O=C(O)C(=O)CC(=O)c1sccc1Cc1ccc(F)cc1. The van der Waals surface area contributed by atoms with Gasteiger partial charge in [0.15, 0.2) is 5.78 Å². The zero-order valence-corrected chi connectivity index (χ0v) is 11.7. The molecule has 0 atom stereocenters. The standard InChI is InChI=1S/C15H11FO4S/c16-11-3-1-9(2-4-11)7-10-5-6-21-14(10)12(17)8-13(18)15(19)20/h1-6H,7-8H2,(H,19,20). The number of benzene rings is 1. The highest BCUT2D eigenvalue weighted by atomic mass is 32.1. The van der Waals surface area contributed by atoms with Crippen LogP contribution in [0.4, 0.5) is 4.39 Å². The quantitative estimate of drug-likeness (QED) is 0.506. The molecule has 0 saturated heterocycles. The third kappa shape index (κ3) is 3.82. The van der Waals surface area contributed by atoms with Crippen molar-refractivity contribution in [3.63, 3.8) is 0 Å². The Morgan fingerprint density at radius 3 is 2.38 bits per heavy atom. The van der Waals surface area contributed by atoms with Crippen LogP contribution in [0, 0.1) is 5.82 Å². The molecular formula is C15H11FO4S. The lowest BCUT2D eigenvalue weighted by Crippen LogP contribution is -2.17. The molecule has 0 unspecified atom stereocenters. The molecule has 0 aliphatic heterocycles. The zero-order chi connectivity index (χ0) is 15.4. The van der Waals surface area contributed by atoms with Crippen molar-refractivity contribution in [2.45, 2.75) is 12.8 Å². The second-order valence-corrected chi connectivity index (χ2v) is 5.32. The van der Waals surface area contributed by atoms with Crippen molar-refractivity contribution in [2.75, 3.05) is 0 Å². The Morgan fingerprint density at radius 2 is 1.76 bits per heavy atom. The number of hydrogen-bond acceptors (Lipinski definition) is 4. The van der Waals surface area contributed by atoms with Crippen LogP contribution in [-0.2, 0) is 16.0 Å². The molecule has 1 aromatic heterocycles. The number of rotatable bonds is 6. The molecule has 21 heavy (non-hydrogen) atoms. The van der Waals surface area contributed by atoms with Crippen LogP contribution in [0.1, 0.15) is 27.2 Å². The van der Waals surface area contributed by atoms with Crippen molar-refractivity contribution < 1.29 is 23.9 Å². The van der Waals surface area contributed by atoms with E-state index in [1.54, 1.807) is 23.6 Å². The summed E-state index contributed by atoms with van der Waals surface area (Å²) in [6.45, 7) is 0. The highest BCUT2D eigenvalue weighted by molar-refractivity contribution is 7.12. The molecule has 2 rings (SSSR count). The zero-order valence-electron chi connectivity index (χ0n) is 10.8. The largest absolute Gasteiger partial charge is 0.475 e. The van der Waals surface area contributed by atoms with E-state index in [4.69, 9.17) is 5.11 Å². The lowest BCUT2D eigenvalue weighted by Gasteiger charge is -2.03. The van der Waals surface area contributed by atoms with Crippen LogP contribution < -0.4 is 0 Å². The summed E-state index contributed by atoms with van der Waals surface area (Å²) in [7, 11) is 0. The van der Waals surface area contributed by atoms with Gasteiger partial charge in [-0.3, -0.25) is 9.59 Å². The van der Waals surface area contributed by atoms with E-state index in [2.05, 4.69) is 0 Å². The van der Waals surface area contributed by atoms with E-state index in [9.17, 15) is 18.8 Å². The number of thiophene rings is 1. The van der Waals surface area contributed by atoms with Crippen LogP contribution in [0.5, 0.6) is 0 Å². The summed E-state index contributed by atoms with van der Waals surface area (Å²) in [4.78, 5) is 33.9. The van der Waals surface area contributed by atoms with Crippen molar-refractivity contribution in [3.8, 4) is 0 Å². The second kappa shape index (κ2) is 6.41. The summed E-state index contributed by atoms with van der Waals surface area (Å²) in [5, 5.41) is 10.2. The first-order valence-electron chi connectivity index (χ1n) is 6.07. The summed E-state index contributed by atoms with van der Waals surface area (Å²) in [5.41, 5.74) is 1.53. The minimum absolute atomic E-state index is 0.340. The molecule has 6 heteroatoms. The van der Waals surface area contributed by atoms with Crippen molar-refractivity contribution in [1.82, 2.24) is 0 Å². The number of hydrogen-bond donors (Lipinski definition) is 1. The number of aliphatic carboxylic acids is 1.